The average molecular weight is 685 g/mol. The molecule has 0 rings (SSSR count). The molecular formula is C39H56O10. The van der Waals surface area contributed by atoms with Crippen molar-refractivity contribution in [3.05, 3.63) is 72.9 Å². The van der Waals surface area contributed by atoms with Gasteiger partial charge in [-0.2, -0.15) is 0 Å². The van der Waals surface area contributed by atoms with Crippen LogP contribution in [0.2, 0.25) is 0 Å². The molecule has 0 aromatic carbocycles. The molecule has 0 radical (unpaired) electrons. The third kappa shape index (κ3) is 14.8. The standard InChI is InChI=1S/C39H56O10/c1-7-13-14-15-16-17-18-19-20-21-23-31(29-33(42)48-34(43)30(22-8-2)28-32(40)41)35(44)49-37(47)39(26-11-5,27-12-6)38(24-9-3,25-10-4)36(45)46/h8-12,21-27,30-31H,7,13-20,28-29H2,1-6H3,(H,40,41)(H,45,46). The number of aliphatic carboxylic acids is 2. The van der Waals surface area contributed by atoms with Gasteiger partial charge in [-0.05, 0) is 47.5 Å². The van der Waals surface area contributed by atoms with Gasteiger partial charge in [-0.1, -0.05) is 125 Å². The molecule has 0 amide bonds. The molecule has 0 aliphatic carbocycles. The number of carbonyl (C=O) groups excluding carboxylic acids is 4. The summed E-state index contributed by atoms with van der Waals surface area (Å²) in [4.78, 5) is 77.1. The van der Waals surface area contributed by atoms with Crippen molar-refractivity contribution in [2.45, 2.75) is 112 Å². The van der Waals surface area contributed by atoms with Crippen molar-refractivity contribution in [2.24, 2.45) is 22.7 Å². The van der Waals surface area contributed by atoms with Crippen LogP contribution in [-0.4, -0.2) is 46.0 Å². The summed E-state index contributed by atoms with van der Waals surface area (Å²) in [7, 11) is 0. The van der Waals surface area contributed by atoms with E-state index >= 15 is 0 Å². The summed E-state index contributed by atoms with van der Waals surface area (Å²) in [6.45, 7) is 10.1. The van der Waals surface area contributed by atoms with Crippen LogP contribution >= 0.6 is 0 Å². The van der Waals surface area contributed by atoms with E-state index in [-0.39, 0.29) is 0 Å². The van der Waals surface area contributed by atoms with Gasteiger partial charge in [0.2, 0.25) is 0 Å². The zero-order valence-electron chi connectivity index (χ0n) is 30.0. The lowest BCUT2D eigenvalue weighted by Gasteiger charge is -2.38. The Hall–Kier alpha value is -4.34. The number of carboxylic acid groups (broad SMARTS) is 2. The molecule has 0 aromatic heterocycles. The van der Waals surface area contributed by atoms with Crippen LogP contribution in [0.4, 0.5) is 0 Å². The molecule has 2 atom stereocenters. The van der Waals surface area contributed by atoms with Crippen LogP contribution in [0, 0.1) is 22.7 Å². The minimum atomic E-state index is -2.00. The Morgan fingerprint density at radius 2 is 1.06 bits per heavy atom. The van der Waals surface area contributed by atoms with Crippen molar-refractivity contribution in [3.8, 4) is 0 Å². The highest BCUT2D eigenvalue weighted by atomic mass is 16.6. The van der Waals surface area contributed by atoms with Gasteiger partial charge in [0.05, 0.1) is 24.7 Å². The average Bonchev–Trinajstić information content (AvgIpc) is 3.04. The van der Waals surface area contributed by atoms with E-state index in [0.29, 0.717) is 6.42 Å². The number of hydrogen-bond donors (Lipinski definition) is 2. The summed E-state index contributed by atoms with van der Waals surface area (Å²) in [5.74, 6) is -9.77. The van der Waals surface area contributed by atoms with Crippen LogP contribution in [0.3, 0.4) is 0 Å². The van der Waals surface area contributed by atoms with Gasteiger partial charge in [0.1, 0.15) is 10.8 Å². The molecule has 0 spiro atoms. The van der Waals surface area contributed by atoms with Crippen LogP contribution in [0.15, 0.2) is 72.9 Å². The first kappa shape index (κ1) is 44.7. The van der Waals surface area contributed by atoms with E-state index < -0.39 is 71.3 Å². The maximum Gasteiger partial charge on any atom is 0.329 e. The minimum Gasteiger partial charge on any atom is -0.481 e. The number of rotatable bonds is 24. The van der Waals surface area contributed by atoms with Crippen molar-refractivity contribution < 1.29 is 48.5 Å². The van der Waals surface area contributed by atoms with Crippen molar-refractivity contribution >= 4 is 35.8 Å². The smallest absolute Gasteiger partial charge is 0.329 e. The van der Waals surface area contributed by atoms with Gasteiger partial charge >= 0.3 is 35.8 Å². The third-order valence-corrected chi connectivity index (χ3v) is 7.91. The van der Waals surface area contributed by atoms with Gasteiger partial charge in [0, 0.05) is 0 Å². The summed E-state index contributed by atoms with van der Waals surface area (Å²) < 4.78 is 10.3. The van der Waals surface area contributed by atoms with Crippen molar-refractivity contribution in [1.29, 1.82) is 0 Å². The first-order valence-electron chi connectivity index (χ1n) is 17.2. The molecule has 0 heterocycles. The molecule has 10 heteroatoms. The van der Waals surface area contributed by atoms with Crippen LogP contribution in [0.25, 0.3) is 0 Å². The zero-order chi connectivity index (χ0) is 37.3. The molecule has 10 nitrogen and oxygen atoms in total. The van der Waals surface area contributed by atoms with Crippen LogP contribution in [0.5, 0.6) is 0 Å². The topological polar surface area (TPSA) is 161 Å². The van der Waals surface area contributed by atoms with Crippen molar-refractivity contribution in [3.63, 3.8) is 0 Å². The van der Waals surface area contributed by atoms with E-state index in [1.807, 2.05) is 0 Å². The molecule has 0 saturated carbocycles. The van der Waals surface area contributed by atoms with Gasteiger partial charge in [-0.25, -0.2) is 0 Å². The van der Waals surface area contributed by atoms with E-state index in [1.54, 1.807) is 40.7 Å². The van der Waals surface area contributed by atoms with E-state index in [2.05, 4.69) is 6.92 Å². The highest BCUT2D eigenvalue weighted by molar-refractivity contribution is 6.00. The number of ether oxygens (including phenoxy) is 2. The quantitative estimate of drug-likeness (QED) is 0.0438. The zero-order valence-corrected chi connectivity index (χ0v) is 30.0. The second-order valence-electron chi connectivity index (χ2n) is 11.8. The summed E-state index contributed by atoms with van der Waals surface area (Å²) in [6.07, 6.45) is 25.3. The Labute approximate surface area is 291 Å². The van der Waals surface area contributed by atoms with E-state index in [9.17, 15) is 33.9 Å². The van der Waals surface area contributed by atoms with E-state index in [4.69, 9.17) is 14.6 Å². The first-order chi connectivity index (χ1) is 23.4. The van der Waals surface area contributed by atoms with Crippen molar-refractivity contribution in [2.75, 3.05) is 0 Å². The monoisotopic (exact) mass is 684 g/mol. The van der Waals surface area contributed by atoms with E-state index in [1.165, 1.54) is 92.5 Å². The Bertz CT molecular complexity index is 1240. The van der Waals surface area contributed by atoms with Crippen LogP contribution in [-0.2, 0) is 38.2 Å². The molecule has 0 aromatic rings. The second-order valence-corrected chi connectivity index (χ2v) is 11.8. The maximum atomic E-state index is 14.0. The van der Waals surface area contributed by atoms with Crippen LogP contribution < -0.4 is 0 Å². The highest BCUT2D eigenvalue weighted by Gasteiger charge is 2.57. The lowest BCUT2D eigenvalue weighted by atomic mass is 9.62. The fraction of sp³-hybridized carbons (Fsp3) is 0.538. The minimum absolute atomic E-state index is 0.578. The van der Waals surface area contributed by atoms with E-state index in [0.717, 1.165) is 25.7 Å². The van der Waals surface area contributed by atoms with Gasteiger partial charge in [0.25, 0.3) is 0 Å². The van der Waals surface area contributed by atoms with Gasteiger partial charge < -0.3 is 19.7 Å². The molecule has 49 heavy (non-hydrogen) atoms. The maximum absolute atomic E-state index is 14.0. The third-order valence-electron chi connectivity index (χ3n) is 7.91. The molecular weight excluding hydrogens is 628 g/mol. The molecule has 0 fully saturated rings. The highest BCUT2D eigenvalue weighted by Crippen LogP contribution is 2.47. The predicted molar refractivity (Wildman–Crippen MR) is 189 cm³/mol. The van der Waals surface area contributed by atoms with Gasteiger partial charge in [-0.3, -0.25) is 28.8 Å². The second kappa shape index (κ2) is 24.7. The summed E-state index contributed by atoms with van der Waals surface area (Å²) >= 11 is 0. The molecule has 0 aliphatic rings. The molecule has 272 valence electrons. The largest absolute Gasteiger partial charge is 0.481 e. The normalized spacial score (nSPS) is 16.0. The predicted octanol–water partition coefficient (Wildman–Crippen LogP) is 8.25. The summed E-state index contributed by atoms with van der Waals surface area (Å²) in [6, 6.07) is 0. The number of esters is 4. The Morgan fingerprint density at radius 3 is 1.53 bits per heavy atom. The number of carbonyl (C=O) groups is 6. The molecule has 0 aliphatic heterocycles. The number of unbranched alkanes of at least 4 members (excludes halogenated alkanes) is 8. The lowest BCUT2D eigenvalue weighted by Crippen LogP contribution is -2.50. The molecule has 2 unspecified atom stereocenters. The fourth-order valence-electron chi connectivity index (χ4n) is 5.54. The Kier molecular flexibility index (Phi) is 22.6. The number of allylic oxidation sites excluding steroid dienone is 6. The molecule has 2 N–H and O–H groups in total. The van der Waals surface area contributed by atoms with Gasteiger partial charge in [-0.15, -0.1) is 0 Å². The summed E-state index contributed by atoms with van der Waals surface area (Å²) in [5.41, 5.74) is -3.98. The summed E-state index contributed by atoms with van der Waals surface area (Å²) in [5, 5.41) is 19.6. The SMILES string of the molecule is CC=CC(CC(=O)O)C(=O)OC(=O)CC(C=CCCCCCCCCCC)C(=O)OC(=O)C(C=CC)(C=CC)C(C=CC)(C=CC)C(=O)O. The number of carboxylic acids is 2. The number of hydrogen-bond acceptors (Lipinski definition) is 8. The van der Waals surface area contributed by atoms with Crippen LogP contribution in [0.1, 0.15) is 112 Å². The fourth-order valence-corrected chi connectivity index (χ4v) is 5.54. The Balaban J connectivity index is 6.40. The molecule has 0 saturated heterocycles. The Morgan fingerprint density at radius 1 is 0.592 bits per heavy atom. The molecule has 0 bridgehead atoms. The van der Waals surface area contributed by atoms with Gasteiger partial charge in [0.15, 0.2) is 0 Å². The first-order valence-corrected chi connectivity index (χ1v) is 17.2. The van der Waals surface area contributed by atoms with Crippen molar-refractivity contribution in [1.82, 2.24) is 0 Å². The lowest BCUT2D eigenvalue weighted by molar-refractivity contribution is -0.174.